The fourth-order valence-electron chi connectivity index (χ4n) is 3.77. The van der Waals surface area contributed by atoms with Crippen LogP contribution in [-0.2, 0) is 9.59 Å². The number of anilines is 2. The lowest BCUT2D eigenvalue weighted by atomic mass is 10.2. The Hall–Kier alpha value is -5.29. The zero-order valence-corrected chi connectivity index (χ0v) is 23.6. The number of aryl methyl sites for hydroxylation is 1. The summed E-state index contributed by atoms with van der Waals surface area (Å²) in [5, 5.41) is 18.8. The van der Waals surface area contributed by atoms with Crippen molar-refractivity contribution in [3.05, 3.63) is 130 Å². The van der Waals surface area contributed by atoms with Crippen molar-refractivity contribution in [2.75, 3.05) is 10.6 Å². The van der Waals surface area contributed by atoms with E-state index in [-0.39, 0.29) is 17.3 Å². The van der Waals surface area contributed by atoms with E-state index < -0.39 is 22.0 Å². The molecule has 0 saturated heterocycles. The SMILES string of the molecule is Cc1ccc([N+](=O)[O-])cc1NC(=O)C(C)Sc1cccc(NC(=O)/C(=C/c2cccnc2)NC(=O)c2ccccc2)c1. The van der Waals surface area contributed by atoms with Gasteiger partial charge >= 0.3 is 0 Å². The maximum Gasteiger partial charge on any atom is 0.272 e. The summed E-state index contributed by atoms with van der Waals surface area (Å²) in [4.78, 5) is 54.4. The summed E-state index contributed by atoms with van der Waals surface area (Å²) in [5.41, 5.74) is 2.45. The molecule has 4 rings (SSSR count). The van der Waals surface area contributed by atoms with Crippen molar-refractivity contribution >= 4 is 52.6 Å². The second-order valence-electron chi connectivity index (χ2n) is 9.15. The van der Waals surface area contributed by atoms with Crippen LogP contribution in [0.4, 0.5) is 17.1 Å². The van der Waals surface area contributed by atoms with Crippen LogP contribution in [0, 0.1) is 17.0 Å². The standard InChI is InChI=1S/C31H27N5O5S/c1-20-13-14-25(36(40)41)18-27(20)34-29(37)21(2)42-26-12-6-11-24(17-26)33-31(39)28(16-22-8-7-15-32-19-22)35-30(38)23-9-4-3-5-10-23/h3-19,21H,1-2H3,(H,33,39)(H,34,37)(H,35,38)/b28-16-. The molecule has 11 heteroatoms. The highest BCUT2D eigenvalue weighted by Gasteiger charge is 2.19. The molecular weight excluding hydrogens is 554 g/mol. The van der Waals surface area contributed by atoms with Crippen LogP contribution in [0.25, 0.3) is 6.08 Å². The maximum absolute atomic E-state index is 13.3. The van der Waals surface area contributed by atoms with Gasteiger partial charge in [-0.3, -0.25) is 29.5 Å². The normalized spacial score (nSPS) is 11.7. The van der Waals surface area contributed by atoms with E-state index in [1.165, 1.54) is 30.0 Å². The number of amides is 3. The fraction of sp³-hybridized carbons (Fsp3) is 0.0968. The van der Waals surface area contributed by atoms with Gasteiger partial charge < -0.3 is 16.0 Å². The van der Waals surface area contributed by atoms with Crippen LogP contribution in [0.2, 0.25) is 0 Å². The number of nitro groups is 1. The molecule has 1 heterocycles. The summed E-state index contributed by atoms with van der Waals surface area (Å²) >= 11 is 1.26. The molecule has 0 fully saturated rings. The molecule has 0 aliphatic heterocycles. The highest BCUT2D eigenvalue weighted by molar-refractivity contribution is 8.00. The van der Waals surface area contributed by atoms with E-state index in [1.807, 2.05) is 0 Å². The first-order valence-electron chi connectivity index (χ1n) is 12.8. The third kappa shape index (κ3) is 8.12. The Morgan fingerprint density at radius 3 is 2.45 bits per heavy atom. The van der Waals surface area contributed by atoms with E-state index in [9.17, 15) is 24.5 Å². The van der Waals surface area contributed by atoms with Gasteiger partial charge in [-0.1, -0.05) is 36.4 Å². The number of aromatic nitrogens is 1. The molecule has 3 N–H and O–H groups in total. The topological polar surface area (TPSA) is 143 Å². The van der Waals surface area contributed by atoms with Gasteiger partial charge in [0.15, 0.2) is 0 Å². The van der Waals surface area contributed by atoms with Crippen molar-refractivity contribution in [3.8, 4) is 0 Å². The molecule has 1 atom stereocenters. The Labute approximate surface area is 246 Å². The molecule has 0 aliphatic rings. The van der Waals surface area contributed by atoms with Gasteiger partial charge in [-0.05, 0) is 67.4 Å². The minimum atomic E-state index is -0.555. The number of nitrogens with zero attached hydrogens (tertiary/aromatic N) is 2. The van der Waals surface area contributed by atoms with Gasteiger partial charge in [0, 0.05) is 40.7 Å². The first-order chi connectivity index (χ1) is 20.2. The smallest absolute Gasteiger partial charge is 0.272 e. The fourth-order valence-corrected chi connectivity index (χ4v) is 4.69. The Morgan fingerprint density at radius 2 is 1.74 bits per heavy atom. The molecule has 42 heavy (non-hydrogen) atoms. The Bertz CT molecular complexity index is 1640. The summed E-state index contributed by atoms with van der Waals surface area (Å²) < 4.78 is 0. The molecule has 3 aromatic carbocycles. The van der Waals surface area contributed by atoms with Gasteiger partial charge in [0.2, 0.25) is 5.91 Å². The lowest BCUT2D eigenvalue weighted by molar-refractivity contribution is -0.384. The van der Waals surface area contributed by atoms with Gasteiger partial charge in [0.05, 0.1) is 15.9 Å². The van der Waals surface area contributed by atoms with Crippen molar-refractivity contribution < 1.29 is 19.3 Å². The highest BCUT2D eigenvalue weighted by Crippen LogP contribution is 2.28. The molecule has 1 aromatic heterocycles. The third-order valence-corrected chi connectivity index (χ3v) is 7.08. The Kier molecular flexibility index (Phi) is 9.80. The van der Waals surface area contributed by atoms with Crippen LogP contribution in [0.1, 0.15) is 28.4 Å². The molecule has 212 valence electrons. The summed E-state index contributed by atoms with van der Waals surface area (Å²) in [6, 6.07) is 23.3. The minimum absolute atomic E-state index is 0.0231. The number of hydrogen-bond donors (Lipinski definition) is 3. The second kappa shape index (κ2) is 13.9. The Morgan fingerprint density at radius 1 is 0.952 bits per heavy atom. The number of nitro benzene ring substituents is 1. The molecular formula is C31H27N5O5S. The van der Waals surface area contributed by atoms with Crippen LogP contribution in [0.5, 0.6) is 0 Å². The zero-order chi connectivity index (χ0) is 30.1. The predicted molar refractivity (Wildman–Crippen MR) is 163 cm³/mol. The van der Waals surface area contributed by atoms with Gasteiger partial charge in [-0.25, -0.2) is 0 Å². The highest BCUT2D eigenvalue weighted by atomic mass is 32.2. The quantitative estimate of drug-likeness (QED) is 0.0926. The molecule has 4 aromatic rings. The number of rotatable bonds is 10. The molecule has 0 spiro atoms. The summed E-state index contributed by atoms with van der Waals surface area (Å²) in [6.45, 7) is 3.47. The first-order valence-corrected chi connectivity index (χ1v) is 13.7. The van der Waals surface area contributed by atoms with Crippen molar-refractivity contribution in [2.24, 2.45) is 0 Å². The summed E-state index contributed by atoms with van der Waals surface area (Å²) in [5.74, 6) is -1.32. The van der Waals surface area contributed by atoms with Gasteiger partial charge in [0.25, 0.3) is 17.5 Å². The second-order valence-corrected chi connectivity index (χ2v) is 10.6. The average Bonchev–Trinajstić information content (AvgIpc) is 2.98. The van der Waals surface area contributed by atoms with Gasteiger partial charge in [-0.2, -0.15) is 0 Å². The van der Waals surface area contributed by atoms with Crippen LogP contribution >= 0.6 is 11.8 Å². The third-order valence-electron chi connectivity index (χ3n) is 5.99. The van der Waals surface area contributed by atoms with Gasteiger partial charge in [-0.15, -0.1) is 11.8 Å². The number of benzene rings is 3. The summed E-state index contributed by atoms with van der Waals surface area (Å²) in [7, 11) is 0. The van der Waals surface area contributed by atoms with Crippen molar-refractivity contribution in [3.63, 3.8) is 0 Å². The van der Waals surface area contributed by atoms with E-state index in [1.54, 1.807) is 99.0 Å². The van der Waals surface area contributed by atoms with Gasteiger partial charge in [0.1, 0.15) is 5.70 Å². The van der Waals surface area contributed by atoms with E-state index in [0.717, 1.165) is 0 Å². The predicted octanol–water partition coefficient (Wildman–Crippen LogP) is 5.83. The van der Waals surface area contributed by atoms with Crippen LogP contribution < -0.4 is 16.0 Å². The lowest BCUT2D eigenvalue weighted by Gasteiger charge is -2.15. The number of pyridine rings is 1. The number of thioether (sulfide) groups is 1. The van der Waals surface area contributed by atoms with E-state index in [2.05, 4.69) is 20.9 Å². The maximum atomic E-state index is 13.3. The molecule has 0 bridgehead atoms. The van der Waals surface area contributed by atoms with Crippen molar-refractivity contribution in [2.45, 2.75) is 24.0 Å². The molecule has 0 aliphatic carbocycles. The summed E-state index contributed by atoms with van der Waals surface area (Å²) in [6.07, 6.45) is 4.71. The Balaban J connectivity index is 1.46. The van der Waals surface area contributed by atoms with Crippen LogP contribution in [-0.4, -0.2) is 32.9 Å². The number of carbonyl (C=O) groups is 3. The average molecular weight is 582 g/mol. The first kappa shape index (κ1) is 29.7. The number of hydrogen-bond acceptors (Lipinski definition) is 7. The van der Waals surface area contributed by atoms with E-state index in [4.69, 9.17) is 0 Å². The number of carbonyl (C=O) groups excluding carboxylic acids is 3. The monoisotopic (exact) mass is 581 g/mol. The molecule has 1 unspecified atom stereocenters. The molecule has 3 amide bonds. The lowest BCUT2D eigenvalue weighted by Crippen LogP contribution is -2.30. The van der Waals surface area contributed by atoms with Crippen molar-refractivity contribution in [1.82, 2.24) is 10.3 Å². The minimum Gasteiger partial charge on any atom is -0.325 e. The molecule has 0 radical (unpaired) electrons. The largest absolute Gasteiger partial charge is 0.325 e. The molecule has 10 nitrogen and oxygen atoms in total. The van der Waals surface area contributed by atoms with Crippen LogP contribution in [0.15, 0.2) is 108 Å². The number of non-ortho nitro benzene ring substituents is 1. The zero-order valence-electron chi connectivity index (χ0n) is 22.7. The van der Waals surface area contributed by atoms with E-state index >= 15 is 0 Å². The van der Waals surface area contributed by atoms with Crippen LogP contribution in [0.3, 0.4) is 0 Å². The van der Waals surface area contributed by atoms with E-state index in [0.29, 0.717) is 33.0 Å². The molecule has 0 saturated carbocycles. The number of nitrogens with one attached hydrogen (secondary N) is 3. The van der Waals surface area contributed by atoms with Crippen molar-refractivity contribution in [1.29, 1.82) is 0 Å².